The third-order valence-corrected chi connectivity index (χ3v) is 6.11. The summed E-state index contributed by atoms with van der Waals surface area (Å²) in [4.78, 5) is 11.8. The van der Waals surface area contributed by atoms with Crippen molar-refractivity contribution in [3.63, 3.8) is 0 Å². The van der Waals surface area contributed by atoms with Crippen LogP contribution in [-0.4, -0.2) is 37.8 Å². The third-order valence-electron chi connectivity index (χ3n) is 4.05. The first-order chi connectivity index (χ1) is 10.8. The maximum atomic E-state index is 13.2. The monoisotopic (exact) mass is 342 g/mol. The second-order valence-electron chi connectivity index (χ2n) is 5.91. The molecule has 0 atom stereocenters. The van der Waals surface area contributed by atoms with E-state index in [1.165, 1.54) is 16.4 Å². The molecule has 1 aromatic carbocycles. The van der Waals surface area contributed by atoms with Crippen LogP contribution in [0.3, 0.4) is 0 Å². The number of nitrogens with one attached hydrogen (secondary N) is 1. The normalized spacial score (nSPS) is 17.2. The fourth-order valence-corrected chi connectivity index (χ4v) is 4.48. The molecule has 1 fully saturated rings. The molecule has 0 saturated carbocycles. The highest BCUT2D eigenvalue weighted by molar-refractivity contribution is 7.89. The lowest BCUT2D eigenvalue weighted by atomic mass is 10.1. The molecule has 2 rings (SSSR count). The van der Waals surface area contributed by atoms with Gasteiger partial charge in [0.05, 0.1) is 4.90 Å². The molecular weight excluding hydrogens is 319 g/mol. The molecule has 5 nitrogen and oxygen atoms in total. The summed E-state index contributed by atoms with van der Waals surface area (Å²) in [7, 11) is -3.62. The summed E-state index contributed by atoms with van der Waals surface area (Å²) in [6.07, 6.45) is 2.47. The van der Waals surface area contributed by atoms with Crippen molar-refractivity contribution in [1.29, 1.82) is 0 Å². The zero-order chi connectivity index (χ0) is 17.0. The summed E-state index contributed by atoms with van der Waals surface area (Å²) in [6, 6.07) is 3.73. The van der Waals surface area contributed by atoms with Crippen molar-refractivity contribution in [3.05, 3.63) is 29.6 Å². The van der Waals surface area contributed by atoms with Crippen molar-refractivity contribution < 1.29 is 17.6 Å². The molecular formula is C16H23FN2O3S. The van der Waals surface area contributed by atoms with Gasteiger partial charge in [-0.15, -0.1) is 0 Å². The Labute approximate surface area is 136 Å². The molecule has 1 aliphatic rings. The Morgan fingerprint density at radius 2 is 2.00 bits per heavy atom. The van der Waals surface area contributed by atoms with Gasteiger partial charge in [-0.05, 0) is 49.9 Å². The summed E-state index contributed by atoms with van der Waals surface area (Å²) in [6.45, 7) is 4.25. The average molecular weight is 342 g/mol. The molecule has 0 aromatic heterocycles. The molecule has 0 spiro atoms. The minimum absolute atomic E-state index is 0.0168. The molecule has 7 heteroatoms. The summed E-state index contributed by atoms with van der Waals surface area (Å²) >= 11 is 0. The quantitative estimate of drug-likeness (QED) is 0.892. The van der Waals surface area contributed by atoms with E-state index in [9.17, 15) is 17.6 Å². The molecule has 128 valence electrons. The number of piperidine rings is 1. The van der Waals surface area contributed by atoms with Gasteiger partial charge in [-0.3, -0.25) is 4.79 Å². The number of carbonyl (C=O) groups excluding carboxylic acids is 1. The summed E-state index contributed by atoms with van der Waals surface area (Å²) in [5.41, 5.74) is 0.406. The van der Waals surface area contributed by atoms with Crippen LogP contribution < -0.4 is 5.32 Å². The minimum Gasteiger partial charge on any atom is -0.353 e. The van der Waals surface area contributed by atoms with Crippen molar-refractivity contribution in [2.24, 2.45) is 0 Å². The first-order valence-electron chi connectivity index (χ1n) is 7.90. The second-order valence-corrected chi connectivity index (χ2v) is 7.81. The molecule has 1 amide bonds. The number of hydrogen-bond acceptors (Lipinski definition) is 3. The van der Waals surface area contributed by atoms with Gasteiger partial charge in [-0.1, -0.05) is 6.92 Å². The van der Waals surface area contributed by atoms with E-state index < -0.39 is 15.8 Å². The molecule has 1 aliphatic heterocycles. The number of aryl methyl sites for hydroxylation is 1. The van der Waals surface area contributed by atoms with Gasteiger partial charge < -0.3 is 5.32 Å². The predicted molar refractivity (Wildman–Crippen MR) is 86.0 cm³/mol. The van der Waals surface area contributed by atoms with Gasteiger partial charge in [0, 0.05) is 25.6 Å². The van der Waals surface area contributed by atoms with Crippen LogP contribution in [0.1, 0.15) is 38.2 Å². The van der Waals surface area contributed by atoms with E-state index in [1.807, 2.05) is 6.92 Å². The number of sulfonamides is 1. The Morgan fingerprint density at radius 1 is 1.35 bits per heavy atom. The molecule has 0 aliphatic carbocycles. The smallest absolute Gasteiger partial charge is 0.243 e. The van der Waals surface area contributed by atoms with Gasteiger partial charge in [0.15, 0.2) is 0 Å². The summed E-state index contributed by atoms with van der Waals surface area (Å²) < 4.78 is 39.9. The molecule has 0 bridgehead atoms. The third kappa shape index (κ3) is 4.29. The van der Waals surface area contributed by atoms with Gasteiger partial charge in [-0.25, -0.2) is 12.8 Å². The van der Waals surface area contributed by atoms with Crippen molar-refractivity contribution in [1.82, 2.24) is 9.62 Å². The Kier molecular flexibility index (Phi) is 5.75. The van der Waals surface area contributed by atoms with Crippen LogP contribution in [0.5, 0.6) is 0 Å². The SMILES string of the molecule is CCCC(=O)NC1CCN(S(=O)(=O)c2ccc(F)cc2C)CC1. The molecule has 23 heavy (non-hydrogen) atoms. The van der Waals surface area contributed by atoms with Crippen LogP contribution in [0.25, 0.3) is 0 Å². The highest BCUT2D eigenvalue weighted by Gasteiger charge is 2.30. The van der Waals surface area contributed by atoms with Crippen molar-refractivity contribution in [2.45, 2.75) is 50.5 Å². The maximum Gasteiger partial charge on any atom is 0.243 e. The average Bonchev–Trinajstić information content (AvgIpc) is 2.47. The van der Waals surface area contributed by atoms with E-state index in [0.29, 0.717) is 37.9 Å². The van der Waals surface area contributed by atoms with Crippen molar-refractivity contribution in [3.8, 4) is 0 Å². The zero-order valence-corrected chi connectivity index (χ0v) is 14.3. The fraction of sp³-hybridized carbons (Fsp3) is 0.562. The Balaban J connectivity index is 2.02. The number of rotatable bonds is 5. The van der Waals surface area contributed by atoms with Gasteiger partial charge >= 0.3 is 0 Å². The number of benzene rings is 1. The fourth-order valence-electron chi connectivity index (χ4n) is 2.81. The topological polar surface area (TPSA) is 66.5 Å². The van der Waals surface area contributed by atoms with E-state index in [0.717, 1.165) is 12.5 Å². The predicted octanol–water partition coefficient (Wildman–Crippen LogP) is 2.20. The summed E-state index contributed by atoms with van der Waals surface area (Å²) in [5, 5.41) is 2.94. The van der Waals surface area contributed by atoms with E-state index in [2.05, 4.69) is 5.32 Å². The molecule has 1 heterocycles. The Bertz CT molecular complexity index is 668. The van der Waals surface area contributed by atoms with Crippen LogP contribution >= 0.6 is 0 Å². The molecule has 1 aromatic rings. The highest BCUT2D eigenvalue weighted by Crippen LogP contribution is 2.24. The van der Waals surface area contributed by atoms with Crippen LogP contribution in [0, 0.1) is 12.7 Å². The highest BCUT2D eigenvalue weighted by atomic mass is 32.2. The van der Waals surface area contributed by atoms with Gasteiger partial charge in [-0.2, -0.15) is 4.31 Å². The lowest BCUT2D eigenvalue weighted by Crippen LogP contribution is -2.46. The lowest BCUT2D eigenvalue weighted by molar-refractivity contribution is -0.122. The van der Waals surface area contributed by atoms with Crippen LogP contribution in [0.2, 0.25) is 0 Å². The largest absolute Gasteiger partial charge is 0.353 e. The Hall–Kier alpha value is -1.47. The number of halogens is 1. The Morgan fingerprint density at radius 3 is 2.57 bits per heavy atom. The molecule has 0 unspecified atom stereocenters. The van der Waals surface area contributed by atoms with E-state index >= 15 is 0 Å². The summed E-state index contributed by atoms with van der Waals surface area (Å²) in [5.74, 6) is -0.429. The number of nitrogens with zero attached hydrogens (tertiary/aromatic N) is 1. The molecule has 1 saturated heterocycles. The maximum absolute atomic E-state index is 13.2. The van der Waals surface area contributed by atoms with Gasteiger partial charge in [0.2, 0.25) is 15.9 Å². The number of carbonyl (C=O) groups is 1. The minimum atomic E-state index is -3.62. The van der Waals surface area contributed by atoms with Crippen LogP contribution in [0.15, 0.2) is 23.1 Å². The standard InChI is InChI=1S/C16H23FN2O3S/c1-3-4-16(20)18-14-7-9-19(10-8-14)23(21,22)15-6-5-13(17)11-12(15)2/h5-6,11,14H,3-4,7-10H2,1-2H3,(H,18,20). The van der Waals surface area contributed by atoms with Gasteiger partial charge in [0.1, 0.15) is 5.82 Å². The van der Waals surface area contributed by atoms with E-state index in [4.69, 9.17) is 0 Å². The van der Waals surface area contributed by atoms with E-state index in [-0.39, 0.29) is 16.8 Å². The van der Waals surface area contributed by atoms with Crippen molar-refractivity contribution >= 4 is 15.9 Å². The number of hydrogen-bond donors (Lipinski definition) is 1. The van der Waals surface area contributed by atoms with Crippen LogP contribution in [-0.2, 0) is 14.8 Å². The van der Waals surface area contributed by atoms with Crippen molar-refractivity contribution in [2.75, 3.05) is 13.1 Å². The number of amides is 1. The second kappa shape index (κ2) is 7.40. The lowest BCUT2D eigenvalue weighted by Gasteiger charge is -2.32. The molecule has 1 N–H and O–H groups in total. The van der Waals surface area contributed by atoms with Crippen LogP contribution in [0.4, 0.5) is 4.39 Å². The van der Waals surface area contributed by atoms with Gasteiger partial charge in [0.25, 0.3) is 0 Å². The van der Waals surface area contributed by atoms with E-state index in [1.54, 1.807) is 6.92 Å². The first-order valence-corrected chi connectivity index (χ1v) is 9.34. The molecule has 0 radical (unpaired) electrons. The zero-order valence-electron chi connectivity index (χ0n) is 13.5. The first kappa shape index (κ1) is 17.9.